The molecule has 0 radical (unpaired) electrons. The van der Waals surface area contributed by atoms with Crippen LogP contribution in [0.25, 0.3) is 0 Å². The Balaban J connectivity index is 1.22. The second kappa shape index (κ2) is 28.4. The Morgan fingerprint density at radius 2 is 1.40 bits per heavy atom. The number of aromatic amines is 1. The van der Waals surface area contributed by atoms with Gasteiger partial charge in [0.2, 0.25) is 5.91 Å². The van der Waals surface area contributed by atoms with Gasteiger partial charge in [-0.1, -0.05) is 54.6 Å². The van der Waals surface area contributed by atoms with Crippen molar-refractivity contribution in [2.24, 2.45) is 0 Å². The van der Waals surface area contributed by atoms with Gasteiger partial charge in [-0.2, -0.15) is 5.26 Å². The van der Waals surface area contributed by atoms with Gasteiger partial charge in [0.25, 0.3) is 14.1 Å². The predicted octanol–water partition coefficient (Wildman–Crippen LogP) is 4.61. The van der Waals surface area contributed by atoms with Crippen LogP contribution >= 0.6 is 8.53 Å². The van der Waals surface area contributed by atoms with Crippen molar-refractivity contribution in [1.29, 1.82) is 5.26 Å². The number of aromatic nitrogens is 2. The van der Waals surface area contributed by atoms with Gasteiger partial charge >= 0.3 is 29.6 Å². The van der Waals surface area contributed by atoms with Gasteiger partial charge in [0.1, 0.15) is 54.2 Å². The fourth-order valence-corrected chi connectivity index (χ4v) is 12.0. The minimum Gasteiger partial charge on any atom is -0.497 e. The third-order valence-electron chi connectivity index (χ3n) is 13.7. The zero-order valence-electron chi connectivity index (χ0n) is 47.8. The molecule has 3 aliphatic heterocycles. The van der Waals surface area contributed by atoms with Crippen molar-refractivity contribution in [3.63, 3.8) is 0 Å². The molecule has 0 aliphatic carbocycles. The standard InChI is InChI=1S/C57H70N5O20P/c1-33(2)62(34(3)4)83(76-26-14-25-58)82-51-50-53(81-56(51,31-74-50)32-75-57(40-15-12-11-13-16-40,41-17-21-43(70-9)22-18-41)42-19-23-44(71-10)24-20-42)61-28-39(52(68)60-55(61)69)27-59-46(67)30-73-54-49(79-38(8)66)48(78-37(7)65)47(77-36(6)64)45(80-54)29-72-35(5)63/h11-13,15-24,28,33-34,45,47-51,53-54H,14,26-27,29-32H2,1-10H3,(H,59,67)(H,60,68,69)/t45-,47+,48+,49-,50-,51+,53-,54-,56-,83?/m1/s1. The zero-order chi connectivity index (χ0) is 60.2. The number of carbonyl (C=O) groups excluding carboxylic acids is 5. The first-order chi connectivity index (χ1) is 39.6. The molecule has 0 spiro atoms. The van der Waals surface area contributed by atoms with Crippen LogP contribution in [-0.2, 0) is 87.8 Å². The maximum atomic E-state index is 14.1. The summed E-state index contributed by atoms with van der Waals surface area (Å²) < 4.78 is 82.1. The first-order valence-electron chi connectivity index (χ1n) is 26.7. The fraction of sp³-hybridized carbons (Fsp3) is 0.509. The van der Waals surface area contributed by atoms with E-state index in [0.29, 0.717) is 22.6 Å². The Bertz CT molecular complexity index is 2990. The second-order valence-corrected chi connectivity index (χ2v) is 21.6. The van der Waals surface area contributed by atoms with Crippen LogP contribution in [0.5, 0.6) is 11.5 Å². The van der Waals surface area contributed by atoms with Crippen molar-refractivity contribution >= 4 is 38.3 Å². The van der Waals surface area contributed by atoms with Crippen molar-refractivity contribution in [1.82, 2.24) is 19.5 Å². The van der Waals surface area contributed by atoms with Crippen molar-refractivity contribution in [3.8, 4) is 17.6 Å². The van der Waals surface area contributed by atoms with Crippen LogP contribution in [0, 0.1) is 11.3 Å². The number of nitrogens with one attached hydrogen (secondary N) is 2. The second-order valence-electron chi connectivity index (χ2n) is 20.2. The number of fused-ring (bicyclic) bond motifs is 2. The van der Waals surface area contributed by atoms with E-state index in [0.717, 1.165) is 37.8 Å². The lowest BCUT2D eigenvalue weighted by molar-refractivity contribution is -0.306. The number of rotatable bonds is 27. The predicted molar refractivity (Wildman–Crippen MR) is 292 cm³/mol. The summed E-state index contributed by atoms with van der Waals surface area (Å²) in [5.74, 6) is -2.96. The van der Waals surface area contributed by atoms with Crippen LogP contribution in [0.3, 0.4) is 0 Å². The van der Waals surface area contributed by atoms with E-state index < -0.39 is 130 Å². The number of amides is 1. The first kappa shape index (κ1) is 63.5. The Hall–Kier alpha value is -7.11. The number of nitriles is 1. The molecular formula is C57H70N5O20P. The summed E-state index contributed by atoms with van der Waals surface area (Å²) in [7, 11) is 1.18. The quantitative estimate of drug-likeness (QED) is 0.0271. The number of benzene rings is 3. The number of ether oxygens (including phenoxy) is 11. The largest absolute Gasteiger partial charge is 0.497 e. The maximum absolute atomic E-state index is 14.1. The summed E-state index contributed by atoms with van der Waals surface area (Å²) in [5, 5.41) is 12.1. The van der Waals surface area contributed by atoms with Gasteiger partial charge in [0.05, 0.1) is 52.1 Å². The molecule has 1 amide bonds. The normalized spacial score (nSPS) is 23.3. The maximum Gasteiger partial charge on any atom is 0.330 e. The lowest BCUT2D eigenvalue weighted by Crippen LogP contribution is -2.63. The highest BCUT2D eigenvalue weighted by atomic mass is 31.2. The van der Waals surface area contributed by atoms with Crippen LogP contribution in [0.1, 0.15) is 90.3 Å². The molecule has 0 saturated carbocycles. The molecular weight excluding hydrogens is 1110 g/mol. The molecule has 3 fully saturated rings. The third kappa shape index (κ3) is 15.0. The smallest absolute Gasteiger partial charge is 0.330 e. The Morgan fingerprint density at radius 1 is 0.819 bits per heavy atom. The van der Waals surface area contributed by atoms with Gasteiger partial charge < -0.3 is 66.5 Å². The Morgan fingerprint density at radius 3 is 1.95 bits per heavy atom. The van der Waals surface area contributed by atoms with E-state index in [1.807, 2.05) is 111 Å². The van der Waals surface area contributed by atoms with Gasteiger partial charge in [-0.25, -0.2) is 9.46 Å². The Labute approximate surface area is 480 Å². The van der Waals surface area contributed by atoms with Gasteiger partial charge in [-0.3, -0.25) is 38.3 Å². The van der Waals surface area contributed by atoms with Crippen LogP contribution in [0.4, 0.5) is 0 Å². The summed E-state index contributed by atoms with van der Waals surface area (Å²) in [5.41, 5.74) is -2.55. The molecule has 7 rings (SSSR count). The highest BCUT2D eigenvalue weighted by molar-refractivity contribution is 7.44. The van der Waals surface area contributed by atoms with Gasteiger partial charge in [0, 0.05) is 52.5 Å². The van der Waals surface area contributed by atoms with E-state index >= 15 is 0 Å². The molecule has 4 aromatic rings. The third-order valence-corrected chi connectivity index (χ3v) is 15.8. The van der Waals surface area contributed by atoms with E-state index in [2.05, 4.69) is 16.4 Å². The van der Waals surface area contributed by atoms with Crippen molar-refractivity contribution in [3.05, 3.63) is 128 Å². The number of hydrogen-bond donors (Lipinski definition) is 2. The molecule has 25 nitrogen and oxygen atoms in total. The van der Waals surface area contributed by atoms with E-state index in [9.17, 15) is 38.8 Å². The molecule has 2 bridgehead atoms. The minimum absolute atomic E-state index is 0.0398. The lowest BCUT2D eigenvalue weighted by Gasteiger charge is -2.43. The van der Waals surface area contributed by atoms with E-state index in [1.54, 1.807) is 14.2 Å². The summed E-state index contributed by atoms with van der Waals surface area (Å²) in [4.78, 5) is 92.4. The summed E-state index contributed by atoms with van der Waals surface area (Å²) in [6.45, 7) is 10.1. The van der Waals surface area contributed by atoms with Gasteiger partial charge in [-0.05, 0) is 68.7 Å². The first-order valence-corrected chi connectivity index (χ1v) is 27.8. The molecule has 3 aromatic carbocycles. The molecule has 1 aromatic heterocycles. The number of carbonyl (C=O) groups is 5. The van der Waals surface area contributed by atoms with Crippen LogP contribution in [0.2, 0.25) is 0 Å². The van der Waals surface area contributed by atoms with Gasteiger partial charge in [-0.15, -0.1) is 0 Å². The molecule has 26 heteroatoms. The van der Waals surface area contributed by atoms with E-state index in [4.69, 9.17) is 61.2 Å². The molecule has 83 heavy (non-hydrogen) atoms. The zero-order valence-corrected chi connectivity index (χ0v) is 48.7. The van der Waals surface area contributed by atoms with E-state index in [-0.39, 0.29) is 43.9 Å². The molecule has 3 saturated heterocycles. The lowest BCUT2D eigenvalue weighted by atomic mass is 9.79. The number of methoxy groups -OCH3 is 2. The van der Waals surface area contributed by atoms with Gasteiger partial charge in [0.15, 0.2) is 30.8 Å². The van der Waals surface area contributed by atoms with Crippen LogP contribution < -0.4 is 26.0 Å². The highest BCUT2D eigenvalue weighted by Crippen LogP contribution is 2.56. The summed E-state index contributed by atoms with van der Waals surface area (Å²) in [6, 6.07) is 26.4. The van der Waals surface area contributed by atoms with Crippen LogP contribution in [0.15, 0.2) is 94.6 Å². The number of nitrogens with zero attached hydrogens (tertiary/aromatic N) is 3. The van der Waals surface area contributed by atoms with Crippen molar-refractivity contribution in [2.45, 2.75) is 141 Å². The molecule has 1 unspecified atom stereocenters. The topological polar surface area (TPSA) is 299 Å². The average molecular weight is 1180 g/mol. The molecule has 2 N–H and O–H groups in total. The number of hydrogen-bond acceptors (Lipinski definition) is 22. The monoisotopic (exact) mass is 1180 g/mol. The van der Waals surface area contributed by atoms with E-state index in [1.165, 1.54) is 6.20 Å². The summed E-state index contributed by atoms with van der Waals surface area (Å²) >= 11 is 0. The molecule has 10 atom stereocenters. The fourth-order valence-electron chi connectivity index (χ4n) is 10.1. The Kier molecular flexibility index (Phi) is 21.8. The molecule has 3 aliphatic rings. The minimum atomic E-state index is -1.97. The number of esters is 4. The van der Waals surface area contributed by atoms with Crippen LogP contribution in [-0.4, -0.2) is 152 Å². The number of H-pyrrole nitrogens is 1. The highest BCUT2D eigenvalue weighted by Gasteiger charge is 2.65. The molecule has 448 valence electrons. The van der Waals surface area contributed by atoms with Crippen molar-refractivity contribution in [2.75, 3.05) is 47.3 Å². The average Bonchev–Trinajstić information content (AvgIpc) is 1.89. The molecule has 4 heterocycles. The SMILES string of the molecule is COc1ccc(C(OC[C@@]23CO[C@@H]([C@H](n4cc(CNC(=O)CO[C@@H]5O[C@H](COC(C)=O)[C@H](OC(C)=O)[C@H](OC(C)=O)[C@H]5OC(C)=O)c(=O)[nH]c4=O)O2)[C@@H]3OP(OCCC#N)N(C(C)C)C(C)C)(c2ccccc2)c2ccc(OC)cc2)cc1. The summed E-state index contributed by atoms with van der Waals surface area (Å²) in [6.07, 6.45) is -9.75. The van der Waals surface area contributed by atoms with Crippen molar-refractivity contribution < 1.29 is 85.1 Å².